The molecule has 8 heteroatoms. The van der Waals surface area contributed by atoms with Crippen molar-refractivity contribution in [2.45, 2.75) is 20.4 Å². The highest BCUT2D eigenvalue weighted by atomic mass is 16.2. The third kappa shape index (κ3) is 5.34. The van der Waals surface area contributed by atoms with Crippen LogP contribution in [0.5, 0.6) is 0 Å². The summed E-state index contributed by atoms with van der Waals surface area (Å²) in [5.41, 5.74) is 2.89. The second kappa shape index (κ2) is 8.72. The molecule has 142 valence electrons. The molecule has 0 spiro atoms. The lowest BCUT2D eigenvalue weighted by Gasteiger charge is -2.10. The number of carbonyl (C=O) groups excluding carboxylic acids is 2. The number of aromatic nitrogens is 3. The number of pyridine rings is 1. The zero-order valence-corrected chi connectivity index (χ0v) is 15.6. The van der Waals surface area contributed by atoms with Crippen LogP contribution < -0.4 is 16.0 Å². The lowest BCUT2D eigenvalue weighted by atomic mass is 10.2. The number of aryl methyl sites for hydroxylation is 1. The van der Waals surface area contributed by atoms with Crippen LogP contribution in [0, 0.1) is 6.92 Å². The molecule has 8 nitrogen and oxygen atoms in total. The average Bonchev–Trinajstić information content (AvgIpc) is 2.66. The Bertz CT molecular complexity index is 991. The molecular weight excluding hydrogens is 356 g/mol. The fourth-order valence-corrected chi connectivity index (χ4v) is 2.51. The lowest BCUT2D eigenvalue weighted by molar-refractivity contribution is -0.114. The summed E-state index contributed by atoms with van der Waals surface area (Å²) in [6.07, 6.45) is 1.71. The Hall–Kier alpha value is -3.81. The SMILES string of the molecule is CC(=O)Nc1cccc(NC(=O)c2cc(C)nc(NCc3ccccn3)n2)c1. The molecule has 0 bridgehead atoms. The van der Waals surface area contributed by atoms with Crippen LogP contribution in [0.3, 0.4) is 0 Å². The smallest absolute Gasteiger partial charge is 0.274 e. The van der Waals surface area contributed by atoms with Gasteiger partial charge in [0.2, 0.25) is 11.9 Å². The summed E-state index contributed by atoms with van der Waals surface area (Å²) in [5, 5.41) is 8.54. The Morgan fingerprint density at radius 3 is 2.46 bits per heavy atom. The van der Waals surface area contributed by atoms with E-state index in [1.165, 1.54) is 6.92 Å². The van der Waals surface area contributed by atoms with Crippen molar-refractivity contribution in [3.63, 3.8) is 0 Å². The zero-order chi connectivity index (χ0) is 19.9. The summed E-state index contributed by atoms with van der Waals surface area (Å²) in [5.74, 6) is -0.201. The molecule has 2 heterocycles. The first kappa shape index (κ1) is 19.0. The van der Waals surface area contributed by atoms with Crippen LogP contribution in [0.2, 0.25) is 0 Å². The van der Waals surface area contributed by atoms with Crippen molar-refractivity contribution in [2.75, 3.05) is 16.0 Å². The maximum atomic E-state index is 12.6. The van der Waals surface area contributed by atoms with E-state index in [1.54, 1.807) is 43.5 Å². The van der Waals surface area contributed by atoms with E-state index in [-0.39, 0.29) is 17.5 Å². The maximum Gasteiger partial charge on any atom is 0.274 e. The van der Waals surface area contributed by atoms with Crippen molar-refractivity contribution >= 4 is 29.1 Å². The van der Waals surface area contributed by atoms with Gasteiger partial charge in [-0.15, -0.1) is 0 Å². The predicted octanol–water partition coefficient (Wildman–Crippen LogP) is 3.00. The molecule has 1 aromatic carbocycles. The minimum absolute atomic E-state index is 0.182. The van der Waals surface area contributed by atoms with Crippen LogP contribution in [0.25, 0.3) is 0 Å². The van der Waals surface area contributed by atoms with Crippen molar-refractivity contribution < 1.29 is 9.59 Å². The van der Waals surface area contributed by atoms with Gasteiger partial charge in [0.15, 0.2) is 0 Å². The minimum Gasteiger partial charge on any atom is -0.349 e. The Kier molecular flexibility index (Phi) is 5.91. The molecule has 0 aliphatic heterocycles. The van der Waals surface area contributed by atoms with Gasteiger partial charge in [-0.05, 0) is 43.3 Å². The van der Waals surface area contributed by atoms with Crippen LogP contribution in [0.1, 0.15) is 28.8 Å². The van der Waals surface area contributed by atoms with Crippen LogP contribution in [-0.2, 0) is 11.3 Å². The van der Waals surface area contributed by atoms with Gasteiger partial charge in [-0.2, -0.15) is 0 Å². The number of rotatable bonds is 6. The van der Waals surface area contributed by atoms with Gasteiger partial charge in [0.05, 0.1) is 12.2 Å². The summed E-state index contributed by atoms with van der Waals surface area (Å²) in [4.78, 5) is 36.6. The fraction of sp³-hybridized carbons (Fsp3) is 0.150. The van der Waals surface area contributed by atoms with Crippen molar-refractivity contribution in [1.29, 1.82) is 0 Å². The number of anilines is 3. The Morgan fingerprint density at radius 2 is 1.75 bits per heavy atom. The van der Waals surface area contributed by atoms with Crippen molar-refractivity contribution in [2.24, 2.45) is 0 Å². The van der Waals surface area contributed by atoms with Gasteiger partial charge < -0.3 is 16.0 Å². The molecule has 28 heavy (non-hydrogen) atoms. The van der Waals surface area contributed by atoms with Crippen LogP contribution in [-0.4, -0.2) is 26.8 Å². The van der Waals surface area contributed by atoms with Crippen LogP contribution in [0.15, 0.2) is 54.7 Å². The molecule has 2 aromatic heterocycles. The van der Waals surface area contributed by atoms with E-state index in [0.29, 0.717) is 29.6 Å². The molecule has 2 amide bonds. The van der Waals surface area contributed by atoms with E-state index in [4.69, 9.17) is 0 Å². The molecule has 0 atom stereocenters. The molecule has 0 fully saturated rings. The highest BCUT2D eigenvalue weighted by Crippen LogP contribution is 2.16. The number of nitrogens with zero attached hydrogens (tertiary/aromatic N) is 3. The fourth-order valence-electron chi connectivity index (χ4n) is 2.51. The first-order valence-corrected chi connectivity index (χ1v) is 8.68. The van der Waals surface area contributed by atoms with E-state index in [0.717, 1.165) is 5.69 Å². The van der Waals surface area contributed by atoms with E-state index >= 15 is 0 Å². The molecule has 0 saturated carbocycles. The number of hydrogen-bond acceptors (Lipinski definition) is 6. The van der Waals surface area contributed by atoms with Crippen LogP contribution in [0.4, 0.5) is 17.3 Å². The predicted molar refractivity (Wildman–Crippen MR) is 107 cm³/mol. The van der Waals surface area contributed by atoms with Crippen molar-refractivity contribution in [3.8, 4) is 0 Å². The zero-order valence-electron chi connectivity index (χ0n) is 15.6. The van der Waals surface area contributed by atoms with E-state index < -0.39 is 0 Å². The average molecular weight is 376 g/mol. The molecule has 0 radical (unpaired) electrons. The Morgan fingerprint density at radius 1 is 0.964 bits per heavy atom. The van der Waals surface area contributed by atoms with Crippen molar-refractivity contribution in [1.82, 2.24) is 15.0 Å². The molecule has 0 aliphatic rings. The van der Waals surface area contributed by atoms with Gasteiger partial charge in [0, 0.05) is 30.2 Å². The first-order valence-electron chi connectivity index (χ1n) is 8.68. The molecule has 0 unspecified atom stereocenters. The van der Waals surface area contributed by atoms with Gasteiger partial charge in [0.25, 0.3) is 5.91 Å². The molecular formula is C20H20N6O2. The number of carbonyl (C=O) groups is 2. The molecule has 3 aromatic rings. The number of hydrogen-bond donors (Lipinski definition) is 3. The number of amides is 2. The number of nitrogens with one attached hydrogen (secondary N) is 3. The maximum absolute atomic E-state index is 12.6. The summed E-state index contributed by atoms with van der Waals surface area (Å²) in [6, 6.07) is 14.1. The molecule has 0 aliphatic carbocycles. The normalized spacial score (nSPS) is 10.2. The second-order valence-corrected chi connectivity index (χ2v) is 6.11. The van der Waals surface area contributed by atoms with Gasteiger partial charge in [-0.1, -0.05) is 12.1 Å². The summed E-state index contributed by atoms with van der Waals surface area (Å²) in [6.45, 7) is 3.67. The molecule has 0 saturated heterocycles. The van der Waals surface area contributed by atoms with Crippen molar-refractivity contribution in [3.05, 3.63) is 71.8 Å². The summed E-state index contributed by atoms with van der Waals surface area (Å²) in [7, 11) is 0. The summed E-state index contributed by atoms with van der Waals surface area (Å²) < 4.78 is 0. The highest BCUT2D eigenvalue weighted by Gasteiger charge is 2.11. The Labute approximate surface area is 162 Å². The number of benzene rings is 1. The third-order valence-corrected chi connectivity index (χ3v) is 3.68. The lowest BCUT2D eigenvalue weighted by Crippen LogP contribution is -2.16. The topological polar surface area (TPSA) is 109 Å². The van der Waals surface area contributed by atoms with Gasteiger partial charge >= 0.3 is 0 Å². The first-order chi connectivity index (χ1) is 13.5. The van der Waals surface area contributed by atoms with Gasteiger partial charge in [-0.25, -0.2) is 9.97 Å². The third-order valence-electron chi connectivity index (χ3n) is 3.68. The largest absolute Gasteiger partial charge is 0.349 e. The highest BCUT2D eigenvalue weighted by molar-refractivity contribution is 6.03. The summed E-state index contributed by atoms with van der Waals surface area (Å²) >= 11 is 0. The monoisotopic (exact) mass is 376 g/mol. The standard InChI is InChI=1S/C20H20N6O2/c1-13-10-18(26-20(23-13)22-12-17-6-3-4-9-21-17)19(28)25-16-8-5-7-15(11-16)24-14(2)27/h3-11H,12H2,1-2H3,(H,24,27)(H,25,28)(H,22,23,26). The molecule has 3 rings (SSSR count). The molecule has 3 N–H and O–H groups in total. The quantitative estimate of drug-likeness (QED) is 0.610. The second-order valence-electron chi connectivity index (χ2n) is 6.11. The van der Waals surface area contributed by atoms with Gasteiger partial charge in [-0.3, -0.25) is 14.6 Å². The van der Waals surface area contributed by atoms with Crippen LogP contribution >= 0.6 is 0 Å². The van der Waals surface area contributed by atoms with Gasteiger partial charge in [0.1, 0.15) is 5.69 Å². The van der Waals surface area contributed by atoms with E-state index in [9.17, 15) is 9.59 Å². The van der Waals surface area contributed by atoms with E-state index in [2.05, 4.69) is 30.9 Å². The minimum atomic E-state index is -0.369. The van der Waals surface area contributed by atoms with E-state index in [1.807, 2.05) is 18.2 Å². The Balaban J connectivity index is 1.71.